The molecule has 2 N–H and O–H groups in total. The predicted molar refractivity (Wildman–Crippen MR) is 76.4 cm³/mol. The molecule has 0 saturated heterocycles. The van der Waals surface area contributed by atoms with Crippen molar-refractivity contribution in [1.29, 1.82) is 5.26 Å². The van der Waals surface area contributed by atoms with Crippen LogP contribution < -0.4 is 5.73 Å². The number of nitriles is 1. The molecule has 20 heavy (non-hydrogen) atoms. The number of hydrogen-bond donors (Lipinski definition) is 1. The largest absolute Gasteiger partial charge is 0.349 e. The van der Waals surface area contributed by atoms with Crippen molar-refractivity contribution in [2.45, 2.75) is 26.4 Å². The molecular formula is C16H18FN3. The third kappa shape index (κ3) is 3.06. The van der Waals surface area contributed by atoms with Gasteiger partial charge in [-0.2, -0.15) is 5.26 Å². The molecule has 2 rings (SSSR count). The molecule has 0 spiro atoms. The van der Waals surface area contributed by atoms with Gasteiger partial charge in [-0.1, -0.05) is 13.8 Å². The molecule has 1 atom stereocenters. The van der Waals surface area contributed by atoms with Crippen LogP contribution in [0.15, 0.2) is 36.7 Å². The van der Waals surface area contributed by atoms with E-state index < -0.39 is 0 Å². The van der Waals surface area contributed by atoms with Gasteiger partial charge in [0.05, 0.1) is 11.6 Å². The summed E-state index contributed by atoms with van der Waals surface area (Å²) < 4.78 is 15.6. The van der Waals surface area contributed by atoms with Crippen LogP contribution in [-0.4, -0.2) is 4.57 Å². The Balaban J connectivity index is 2.21. The first-order valence-electron chi connectivity index (χ1n) is 6.61. The Morgan fingerprint density at radius 1 is 1.35 bits per heavy atom. The minimum Gasteiger partial charge on any atom is -0.349 e. The SMILES string of the molecule is CC(C)C(N)c1ccn(Cc2cc(C#N)ccc2F)c1. The Labute approximate surface area is 118 Å². The highest BCUT2D eigenvalue weighted by molar-refractivity contribution is 5.34. The molecule has 0 aliphatic carbocycles. The van der Waals surface area contributed by atoms with E-state index in [9.17, 15) is 4.39 Å². The maximum Gasteiger partial charge on any atom is 0.128 e. The number of benzene rings is 1. The van der Waals surface area contributed by atoms with Gasteiger partial charge in [-0.25, -0.2) is 4.39 Å². The van der Waals surface area contributed by atoms with Crippen molar-refractivity contribution in [2.75, 3.05) is 0 Å². The molecule has 3 nitrogen and oxygen atoms in total. The van der Waals surface area contributed by atoms with Gasteiger partial charge in [0.1, 0.15) is 5.82 Å². The average Bonchev–Trinajstić information content (AvgIpc) is 2.88. The lowest BCUT2D eigenvalue weighted by molar-refractivity contribution is 0.513. The summed E-state index contributed by atoms with van der Waals surface area (Å²) in [5.74, 6) is 0.0527. The molecule has 0 radical (unpaired) electrons. The van der Waals surface area contributed by atoms with Gasteiger partial charge in [-0.3, -0.25) is 0 Å². The van der Waals surface area contributed by atoms with E-state index in [1.807, 2.05) is 29.1 Å². The van der Waals surface area contributed by atoms with Crippen molar-refractivity contribution < 1.29 is 4.39 Å². The van der Waals surface area contributed by atoms with Crippen LogP contribution in [0.1, 0.15) is 36.6 Å². The summed E-state index contributed by atoms with van der Waals surface area (Å²) in [5.41, 5.74) is 8.10. The first kappa shape index (κ1) is 14.3. The fraction of sp³-hybridized carbons (Fsp3) is 0.312. The van der Waals surface area contributed by atoms with Crippen LogP contribution in [0.25, 0.3) is 0 Å². The number of nitrogens with zero attached hydrogens (tertiary/aromatic N) is 2. The van der Waals surface area contributed by atoms with E-state index in [1.165, 1.54) is 12.1 Å². The van der Waals surface area contributed by atoms with E-state index >= 15 is 0 Å². The van der Waals surface area contributed by atoms with Crippen molar-refractivity contribution >= 4 is 0 Å². The van der Waals surface area contributed by atoms with Gasteiger partial charge >= 0.3 is 0 Å². The monoisotopic (exact) mass is 271 g/mol. The Hall–Kier alpha value is -2.12. The average molecular weight is 271 g/mol. The van der Waals surface area contributed by atoms with Gasteiger partial charge in [-0.05, 0) is 35.7 Å². The van der Waals surface area contributed by atoms with E-state index in [4.69, 9.17) is 11.0 Å². The summed E-state index contributed by atoms with van der Waals surface area (Å²) in [4.78, 5) is 0. The molecule has 2 aromatic rings. The lowest BCUT2D eigenvalue weighted by Crippen LogP contribution is -2.16. The molecule has 1 heterocycles. The van der Waals surface area contributed by atoms with Gasteiger partial charge in [0.2, 0.25) is 0 Å². The molecule has 0 amide bonds. The Bertz CT molecular complexity index is 637. The molecule has 0 fully saturated rings. The fourth-order valence-electron chi connectivity index (χ4n) is 2.10. The lowest BCUT2D eigenvalue weighted by atomic mass is 10.00. The molecule has 1 aromatic heterocycles. The zero-order valence-corrected chi connectivity index (χ0v) is 11.7. The summed E-state index contributed by atoms with van der Waals surface area (Å²) in [6.07, 6.45) is 3.82. The minimum atomic E-state index is -0.299. The standard InChI is InChI=1S/C16H18FN3/c1-11(2)16(19)13-5-6-20(9-13)10-14-7-12(8-18)3-4-15(14)17/h3-7,9,11,16H,10,19H2,1-2H3. The molecule has 1 aromatic carbocycles. The van der Waals surface area contributed by atoms with E-state index in [2.05, 4.69) is 13.8 Å². The van der Waals surface area contributed by atoms with Gasteiger partial charge in [0, 0.05) is 30.5 Å². The van der Waals surface area contributed by atoms with Crippen LogP contribution >= 0.6 is 0 Å². The Morgan fingerprint density at radius 2 is 2.10 bits per heavy atom. The Kier molecular flexibility index (Phi) is 4.21. The van der Waals surface area contributed by atoms with E-state index in [-0.39, 0.29) is 11.9 Å². The first-order chi connectivity index (χ1) is 9.51. The second-order valence-electron chi connectivity index (χ2n) is 5.30. The summed E-state index contributed by atoms with van der Waals surface area (Å²) >= 11 is 0. The number of rotatable bonds is 4. The molecule has 1 unspecified atom stereocenters. The quantitative estimate of drug-likeness (QED) is 0.928. The van der Waals surface area contributed by atoms with Crippen molar-refractivity contribution in [2.24, 2.45) is 11.7 Å². The molecule has 0 aliphatic heterocycles. The summed E-state index contributed by atoms with van der Waals surface area (Å²) in [6, 6.07) is 8.35. The first-order valence-corrected chi connectivity index (χ1v) is 6.61. The smallest absolute Gasteiger partial charge is 0.128 e. The number of nitrogens with two attached hydrogens (primary N) is 1. The molecule has 4 heteroatoms. The van der Waals surface area contributed by atoms with Crippen LogP contribution in [0.2, 0.25) is 0 Å². The van der Waals surface area contributed by atoms with Crippen molar-refractivity contribution in [3.8, 4) is 6.07 Å². The summed E-state index contributed by atoms with van der Waals surface area (Å²) in [7, 11) is 0. The van der Waals surface area contributed by atoms with E-state index in [1.54, 1.807) is 6.07 Å². The highest BCUT2D eigenvalue weighted by Gasteiger charge is 2.12. The topological polar surface area (TPSA) is 54.7 Å². The van der Waals surface area contributed by atoms with Crippen LogP contribution in [-0.2, 0) is 6.54 Å². The lowest BCUT2D eigenvalue weighted by Gasteiger charge is -2.13. The third-order valence-corrected chi connectivity index (χ3v) is 3.40. The van der Waals surface area contributed by atoms with Crippen molar-refractivity contribution in [1.82, 2.24) is 4.57 Å². The van der Waals surface area contributed by atoms with Crippen molar-refractivity contribution in [3.05, 3.63) is 59.2 Å². The molecule has 0 saturated carbocycles. The van der Waals surface area contributed by atoms with Gasteiger partial charge < -0.3 is 10.3 Å². The third-order valence-electron chi connectivity index (χ3n) is 3.40. The van der Waals surface area contributed by atoms with E-state index in [0.29, 0.717) is 23.6 Å². The predicted octanol–water partition coefficient (Wildman–Crippen LogP) is 3.20. The highest BCUT2D eigenvalue weighted by atomic mass is 19.1. The van der Waals surface area contributed by atoms with Gasteiger partial charge in [-0.15, -0.1) is 0 Å². The molecule has 0 bridgehead atoms. The molecule has 104 valence electrons. The van der Waals surface area contributed by atoms with Crippen LogP contribution in [0.5, 0.6) is 0 Å². The second kappa shape index (κ2) is 5.89. The zero-order chi connectivity index (χ0) is 14.7. The summed E-state index contributed by atoms with van der Waals surface area (Å²) in [5, 5.41) is 8.86. The van der Waals surface area contributed by atoms with Crippen molar-refractivity contribution in [3.63, 3.8) is 0 Å². The van der Waals surface area contributed by atoms with Crippen LogP contribution in [0, 0.1) is 23.1 Å². The second-order valence-corrected chi connectivity index (χ2v) is 5.30. The number of aromatic nitrogens is 1. The molecular weight excluding hydrogens is 253 g/mol. The number of halogens is 1. The minimum absolute atomic E-state index is 0.0217. The fourth-order valence-corrected chi connectivity index (χ4v) is 2.10. The zero-order valence-electron chi connectivity index (χ0n) is 11.7. The Morgan fingerprint density at radius 3 is 2.75 bits per heavy atom. The number of hydrogen-bond acceptors (Lipinski definition) is 2. The van der Waals surface area contributed by atoms with Gasteiger partial charge in [0.25, 0.3) is 0 Å². The van der Waals surface area contributed by atoms with E-state index in [0.717, 1.165) is 5.56 Å². The van der Waals surface area contributed by atoms with Crippen LogP contribution in [0.4, 0.5) is 4.39 Å². The van der Waals surface area contributed by atoms with Gasteiger partial charge in [0.15, 0.2) is 0 Å². The maximum absolute atomic E-state index is 13.7. The van der Waals surface area contributed by atoms with Crippen LogP contribution in [0.3, 0.4) is 0 Å². The summed E-state index contributed by atoms with van der Waals surface area (Å²) in [6.45, 7) is 4.53. The normalized spacial score (nSPS) is 12.4. The highest BCUT2D eigenvalue weighted by Crippen LogP contribution is 2.20. The molecule has 0 aliphatic rings. The maximum atomic E-state index is 13.7.